The molecule has 2 nitrogen and oxygen atoms in total. The van der Waals surface area contributed by atoms with Gasteiger partial charge in [-0.15, -0.1) is 0 Å². The number of aryl methyl sites for hydroxylation is 1. The molecule has 0 saturated carbocycles. The predicted molar refractivity (Wildman–Crippen MR) is 79.8 cm³/mol. The summed E-state index contributed by atoms with van der Waals surface area (Å²) >= 11 is 0. The third kappa shape index (κ3) is 3.36. The van der Waals surface area contributed by atoms with E-state index in [9.17, 15) is 0 Å². The average molecular weight is 255 g/mol. The molecule has 0 aliphatic rings. The number of rotatable bonds is 5. The Bertz CT molecular complexity index is 549. The van der Waals surface area contributed by atoms with E-state index < -0.39 is 0 Å². The molecule has 0 fully saturated rings. The maximum absolute atomic E-state index is 6.08. The van der Waals surface area contributed by atoms with Crippen LogP contribution in [0.2, 0.25) is 0 Å². The molecule has 0 amide bonds. The molecule has 0 heterocycles. The number of ether oxygens (including phenoxy) is 1. The van der Waals surface area contributed by atoms with Gasteiger partial charge in [0.25, 0.3) is 0 Å². The van der Waals surface area contributed by atoms with Crippen molar-refractivity contribution < 1.29 is 4.74 Å². The second-order valence-electron chi connectivity index (χ2n) is 4.69. The highest BCUT2D eigenvalue weighted by atomic mass is 16.5. The number of benzene rings is 2. The van der Waals surface area contributed by atoms with E-state index in [1.165, 1.54) is 16.7 Å². The summed E-state index contributed by atoms with van der Waals surface area (Å²) in [7, 11) is 0. The van der Waals surface area contributed by atoms with Crippen molar-refractivity contribution >= 4 is 0 Å². The van der Waals surface area contributed by atoms with Crippen LogP contribution >= 0.6 is 0 Å². The van der Waals surface area contributed by atoms with Gasteiger partial charge in [0.2, 0.25) is 0 Å². The second kappa shape index (κ2) is 6.39. The quantitative estimate of drug-likeness (QED) is 0.864. The van der Waals surface area contributed by atoms with E-state index in [0.717, 1.165) is 24.6 Å². The van der Waals surface area contributed by atoms with Crippen LogP contribution in [0.4, 0.5) is 0 Å². The van der Waals surface area contributed by atoms with Crippen LogP contribution in [0, 0.1) is 13.8 Å². The highest BCUT2D eigenvalue weighted by molar-refractivity contribution is 5.43. The number of hydrogen-bond donors (Lipinski definition) is 1. The summed E-state index contributed by atoms with van der Waals surface area (Å²) in [4.78, 5) is 0. The third-order valence-corrected chi connectivity index (χ3v) is 3.31. The van der Waals surface area contributed by atoms with Gasteiger partial charge in [-0.3, -0.25) is 0 Å². The molecule has 0 unspecified atom stereocenters. The minimum absolute atomic E-state index is 0.831. The zero-order chi connectivity index (χ0) is 13.7. The molecule has 1 N–H and O–H groups in total. The SMILES string of the molecule is CCNCc1ccccc1Oc1cccc(C)c1C. The molecule has 0 aliphatic heterocycles. The van der Waals surface area contributed by atoms with Gasteiger partial charge >= 0.3 is 0 Å². The Morgan fingerprint density at radius 1 is 0.947 bits per heavy atom. The lowest BCUT2D eigenvalue weighted by molar-refractivity contribution is 0.469. The second-order valence-corrected chi connectivity index (χ2v) is 4.69. The normalized spacial score (nSPS) is 10.5. The lowest BCUT2D eigenvalue weighted by Crippen LogP contribution is -2.12. The maximum atomic E-state index is 6.08. The zero-order valence-electron chi connectivity index (χ0n) is 11.9. The summed E-state index contributed by atoms with van der Waals surface area (Å²) < 4.78 is 6.08. The van der Waals surface area contributed by atoms with Gasteiger partial charge in [-0.05, 0) is 43.7 Å². The van der Waals surface area contributed by atoms with Crippen molar-refractivity contribution in [3.8, 4) is 11.5 Å². The van der Waals surface area contributed by atoms with Gasteiger partial charge in [0.1, 0.15) is 11.5 Å². The Kier molecular flexibility index (Phi) is 4.58. The van der Waals surface area contributed by atoms with Gasteiger partial charge in [0.05, 0.1) is 0 Å². The molecule has 2 aromatic rings. The molecule has 0 aliphatic carbocycles. The smallest absolute Gasteiger partial charge is 0.131 e. The van der Waals surface area contributed by atoms with E-state index in [-0.39, 0.29) is 0 Å². The van der Waals surface area contributed by atoms with E-state index >= 15 is 0 Å². The molecule has 0 radical (unpaired) electrons. The fourth-order valence-electron chi connectivity index (χ4n) is 1.96. The van der Waals surface area contributed by atoms with E-state index in [1.54, 1.807) is 0 Å². The maximum Gasteiger partial charge on any atom is 0.131 e. The lowest BCUT2D eigenvalue weighted by Gasteiger charge is -2.14. The van der Waals surface area contributed by atoms with Crippen molar-refractivity contribution in [3.05, 3.63) is 59.2 Å². The van der Waals surface area contributed by atoms with Crippen molar-refractivity contribution in [1.82, 2.24) is 5.32 Å². The molecule has 0 aromatic heterocycles. The van der Waals surface area contributed by atoms with Crippen molar-refractivity contribution in [2.24, 2.45) is 0 Å². The number of nitrogens with one attached hydrogen (secondary N) is 1. The van der Waals surface area contributed by atoms with Crippen LogP contribution < -0.4 is 10.1 Å². The van der Waals surface area contributed by atoms with Gasteiger partial charge in [0.15, 0.2) is 0 Å². The van der Waals surface area contributed by atoms with Crippen molar-refractivity contribution in [3.63, 3.8) is 0 Å². The van der Waals surface area contributed by atoms with E-state index in [4.69, 9.17) is 4.74 Å². The largest absolute Gasteiger partial charge is 0.457 e. The Balaban J connectivity index is 2.25. The Hall–Kier alpha value is -1.80. The number of para-hydroxylation sites is 1. The third-order valence-electron chi connectivity index (χ3n) is 3.31. The summed E-state index contributed by atoms with van der Waals surface area (Å²) in [6.45, 7) is 8.09. The first-order valence-electron chi connectivity index (χ1n) is 6.75. The predicted octanol–water partition coefficient (Wildman–Crippen LogP) is 4.21. The standard InChI is InChI=1S/C17H21NO/c1-4-18-12-15-9-5-6-10-17(15)19-16-11-7-8-13(2)14(16)3/h5-11,18H,4,12H2,1-3H3. The molecular weight excluding hydrogens is 234 g/mol. The molecule has 0 bridgehead atoms. The highest BCUT2D eigenvalue weighted by Crippen LogP contribution is 2.29. The van der Waals surface area contributed by atoms with Crippen LogP contribution in [0.5, 0.6) is 11.5 Å². The topological polar surface area (TPSA) is 21.3 Å². The molecule has 2 rings (SSSR count). The summed E-state index contributed by atoms with van der Waals surface area (Å²) in [6, 6.07) is 14.3. The lowest BCUT2D eigenvalue weighted by atomic mass is 10.1. The van der Waals surface area contributed by atoms with Crippen LogP contribution in [0.15, 0.2) is 42.5 Å². The van der Waals surface area contributed by atoms with Crippen LogP contribution in [0.25, 0.3) is 0 Å². The summed E-state index contributed by atoms with van der Waals surface area (Å²) in [5, 5.41) is 3.34. The first kappa shape index (κ1) is 13.6. The molecule has 0 saturated heterocycles. The van der Waals surface area contributed by atoms with E-state index in [2.05, 4.69) is 38.2 Å². The van der Waals surface area contributed by atoms with Gasteiger partial charge in [0, 0.05) is 12.1 Å². The minimum atomic E-state index is 0.831. The summed E-state index contributed by atoms with van der Waals surface area (Å²) in [6.07, 6.45) is 0. The average Bonchev–Trinajstić information content (AvgIpc) is 2.43. The van der Waals surface area contributed by atoms with Gasteiger partial charge in [-0.25, -0.2) is 0 Å². The van der Waals surface area contributed by atoms with Crippen LogP contribution in [-0.2, 0) is 6.54 Å². The fraction of sp³-hybridized carbons (Fsp3) is 0.294. The molecule has 0 atom stereocenters. The number of hydrogen-bond acceptors (Lipinski definition) is 2. The van der Waals surface area contributed by atoms with Crippen LogP contribution in [0.1, 0.15) is 23.6 Å². The molecule has 100 valence electrons. The Morgan fingerprint density at radius 2 is 1.68 bits per heavy atom. The first-order valence-corrected chi connectivity index (χ1v) is 6.75. The van der Waals surface area contributed by atoms with Crippen LogP contribution in [-0.4, -0.2) is 6.54 Å². The van der Waals surface area contributed by atoms with E-state index in [0.29, 0.717) is 0 Å². The first-order chi connectivity index (χ1) is 9.22. The highest BCUT2D eigenvalue weighted by Gasteiger charge is 2.06. The Morgan fingerprint density at radius 3 is 2.47 bits per heavy atom. The summed E-state index contributed by atoms with van der Waals surface area (Å²) in [5.74, 6) is 1.86. The van der Waals surface area contributed by atoms with Gasteiger partial charge in [-0.1, -0.05) is 37.3 Å². The van der Waals surface area contributed by atoms with Crippen molar-refractivity contribution in [1.29, 1.82) is 0 Å². The van der Waals surface area contributed by atoms with E-state index in [1.807, 2.05) is 30.3 Å². The zero-order valence-corrected chi connectivity index (χ0v) is 11.9. The van der Waals surface area contributed by atoms with Gasteiger partial charge < -0.3 is 10.1 Å². The monoisotopic (exact) mass is 255 g/mol. The van der Waals surface area contributed by atoms with Crippen molar-refractivity contribution in [2.75, 3.05) is 6.54 Å². The molecular formula is C17H21NO. The molecule has 2 heteroatoms. The minimum Gasteiger partial charge on any atom is -0.457 e. The summed E-state index contributed by atoms with van der Waals surface area (Å²) in [5.41, 5.74) is 3.63. The Labute approximate surface area is 115 Å². The molecule has 2 aromatic carbocycles. The molecule has 19 heavy (non-hydrogen) atoms. The molecule has 0 spiro atoms. The van der Waals surface area contributed by atoms with Gasteiger partial charge in [-0.2, -0.15) is 0 Å². The van der Waals surface area contributed by atoms with Crippen molar-refractivity contribution in [2.45, 2.75) is 27.3 Å². The fourth-order valence-corrected chi connectivity index (χ4v) is 1.96. The van der Waals surface area contributed by atoms with Crippen LogP contribution in [0.3, 0.4) is 0 Å².